The maximum Gasteiger partial charge on any atom is 0.261 e. The Kier molecular flexibility index (Phi) is 6.35. The molecule has 2 aromatic heterocycles. The number of aromatic nitrogens is 2. The number of carbonyl (C=O) groups excluding carboxylic acids is 2. The van der Waals surface area contributed by atoms with Crippen LogP contribution in [0.15, 0.2) is 46.2 Å². The Morgan fingerprint density at radius 3 is 2.43 bits per heavy atom. The van der Waals surface area contributed by atoms with E-state index in [4.69, 9.17) is 4.42 Å². The molecule has 1 aliphatic heterocycles. The quantitative estimate of drug-likeness (QED) is 0.360. The van der Waals surface area contributed by atoms with Gasteiger partial charge in [-0.15, -0.1) is 21.5 Å². The monoisotopic (exact) mass is 424 g/mol. The normalized spacial score (nSPS) is 13.5. The summed E-state index contributed by atoms with van der Waals surface area (Å²) in [5.74, 6) is 0.787. The second-order valence-corrected chi connectivity index (χ2v) is 8.22. The van der Waals surface area contributed by atoms with Crippen molar-refractivity contribution in [1.29, 1.82) is 0 Å². The first-order valence-electron chi connectivity index (χ1n) is 10.2. The SMILES string of the molecule is CCCN(CCCCN1C(=O)c2ccccc2C1=O)Cc1nnc(-c2cccs2)o1. The smallest absolute Gasteiger partial charge is 0.261 e. The molecule has 3 aromatic rings. The molecular formula is C22H24N4O3S. The van der Waals surface area contributed by atoms with E-state index in [0.717, 1.165) is 37.2 Å². The third-order valence-corrected chi connectivity index (χ3v) is 5.94. The largest absolute Gasteiger partial charge is 0.419 e. The number of carbonyl (C=O) groups is 2. The molecule has 0 aliphatic carbocycles. The average molecular weight is 425 g/mol. The molecule has 0 saturated carbocycles. The van der Waals surface area contributed by atoms with E-state index in [2.05, 4.69) is 22.0 Å². The Morgan fingerprint density at radius 1 is 1.00 bits per heavy atom. The van der Waals surface area contributed by atoms with E-state index in [9.17, 15) is 9.59 Å². The number of amides is 2. The number of rotatable bonds is 10. The van der Waals surface area contributed by atoms with Gasteiger partial charge >= 0.3 is 0 Å². The highest BCUT2D eigenvalue weighted by atomic mass is 32.1. The van der Waals surface area contributed by atoms with Crippen molar-refractivity contribution in [3.05, 3.63) is 58.8 Å². The number of benzene rings is 1. The highest BCUT2D eigenvalue weighted by molar-refractivity contribution is 7.13. The fraction of sp³-hybridized carbons (Fsp3) is 0.364. The van der Waals surface area contributed by atoms with Gasteiger partial charge in [0.1, 0.15) is 0 Å². The lowest BCUT2D eigenvalue weighted by molar-refractivity contribution is 0.0650. The summed E-state index contributed by atoms with van der Waals surface area (Å²) in [5, 5.41) is 10.3. The Bertz CT molecular complexity index is 980. The van der Waals surface area contributed by atoms with Gasteiger partial charge in [-0.2, -0.15) is 0 Å². The molecular weight excluding hydrogens is 400 g/mol. The van der Waals surface area contributed by atoms with Crippen LogP contribution in [0.5, 0.6) is 0 Å². The summed E-state index contributed by atoms with van der Waals surface area (Å²) >= 11 is 1.57. The number of fused-ring (bicyclic) bond motifs is 1. The van der Waals surface area contributed by atoms with Crippen LogP contribution < -0.4 is 0 Å². The summed E-state index contributed by atoms with van der Waals surface area (Å²) in [5.41, 5.74) is 1.01. The van der Waals surface area contributed by atoms with Gasteiger partial charge in [0.05, 0.1) is 22.5 Å². The molecule has 1 aliphatic rings. The van der Waals surface area contributed by atoms with Crippen LogP contribution in [0.3, 0.4) is 0 Å². The topological polar surface area (TPSA) is 79.5 Å². The number of thiophene rings is 1. The van der Waals surface area contributed by atoms with Gasteiger partial charge in [-0.3, -0.25) is 19.4 Å². The fourth-order valence-corrected chi connectivity index (χ4v) is 4.29. The van der Waals surface area contributed by atoms with Gasteiger partial charge < -0.3 is 4.42 Å². The maximum absolute atomic E-state index is 12.4. The molecule has 0 bridgehead atoms. The van der Waals surface area contributed by atoms with Crippen molar-refractivity contribution in [2.24, 2.45) is 0 Å². The number of hydrogen-bond donors (Lipinski definition) is 0. The zero-order valence-corrected chi connectivity index (χ0v) is 17.7. The molecule has 0 spiro atoms. The number of imide groups is 1. The van der Waals surface area contributed by atoms with Gasteiger partial charge in [0.15, 0.2) is 0 Å². The zero-order chi connectivity index (χ0) is 20.9. The average Bonchev–Trinajstić information content (AvgIpc) is 3.48. The molecule has 0 atom stereocenters. The first-order chi connectivity index (χ1) is 14.7. The Labute approximate surface area is 179 Å². The molecule has 0 saturated heterocycles. The highest BCUT2D eigenvalue weighted by Gasteiger charge is 2.34. The minimum atomic E-state index is -0.187. The Hall–Kier alpha value is -2.84. The number of hydrogen-bond acceptors (Lipinski definition) is 7. The molecule has 4 rings (SSSR count). The first kappa shape index (κ1) is 20.4. The minimum Gasteiger partial charge on any atom is -0.419 e. The standard InChI is InChI=1S/C22H24N4O3S/c1-2-11-25(15-19-23-24-20(29-19)18-10-7-14-30-18)12-5-6-13-26-21(27)16-8-3-4-9-17(16)22(26)28/h3-4,7-10,14H,2,5-6,11-13,15H2,1H3. The second-order valence-electron chi connectivity index (χ2n) is 7.27. The molecule has 156 valence electrons. The van der Waals surface area contributed by atoms with Crippen molar-refractivity contribution < 1.29 is 14.0 Å². The predicted octanol–water partition coefficient (Wildman–Crippen LogP) is 4.09. The van der Waals surface area contributed by atoms with Crippen LogP contribution >= 0.6 is 11.3 Å². The van der Waals surface area contributed by atoms with E-state index in [1.807, 2.05) is 17.5 Å². The third kappa shape index (κ3) is 4.34. The molecule has 0 radical (unpaired) electrons. The van der Waals surface area contributed by atoms with E-state index < -0.39 is 0 Å². The number of unbranched alkanes of at least 4 members (excludes halogenated alkanes) is 1. The Morgan fingerprint density at radius 2 is 1.77 bits per heavy atom. The van der Waals surface area contributed by atoms with Crippen molar-refractivity contribution in [1.82, 2.24) is 20.0 Å². The van der Waals surface area contributed by atoms with Crippen molar-refractivity contribution in [3.8, 4) is 10.8 Å². The van der Waals surface area contributed by atoms with Crippen molar-refractivity contribution in [3.63, 3.8) is 0 Å². The summed E-state index contributed by atoms with van der Waals surface area (Å²) < 4.78 is 5.81. The maximum atomic E-state index is 12.4. The van der Waals surface area contributed by atoms with Crippen LogP contribution in [0.25, 0.3) is 10.8 Å². The van der Waals surface area contributed by atoms with Crippen LogP contribution in [0.1, 0.15) is 52.8 Å². The summed E-state index contributed by atoms with van der Waals surface area (Å²) in [6.45, 7) is 4.93. The molecule has 0 fully saturated rings. The summed E-state index contributed by atoms with van der Waals surface area (Å²) in [6, 6.07) is 10.9. The second kappa shape index (κ2) is 9.32. The van der Waals surface area contributed by atoms with E-state index in [1.165, 1.54) is 4.90 Å². The molecule has 30 heavy (non-hydrogen) atoms. The number of nitrogens with zero attached hydrogens (tertiary/aromatic N) is 4. The van der Waals surface area contributed by atoms with E-state index >= 15 is 0 Å². The van der Waals surface area contributed by atoms with Gasteiger partial charge in [0.25, 0.3) is 17.7 Å². The molecule has 8 heteroatoms. The minimum absolute atomic E-state index is 0.187. The van der Waals surface area contributed by atoms with Gasteiger partial charge in [-0.25, -0.2) is 0 Å². The third-order valence-electron chi connectivity index (χ3n) is 5.08. The summed E-state index contributed by atoms with van der Waals surface area (Å²) in [4.78, 5) is 29.5. The summed E-state index contributed by atoms with van der Waals surface area (Å²) in [7, 11) is 0. The van der Waals surface area contributed by atoms with E-state index in [0.29, 0.717) is 36.0 Å². The van der Waals surface area contributed by atoms with Crippen LogP contribution in [0.2, 0.25) is 0 Å². The molecule has 0 unspecified atom stereocenters. The van der Waals surface area contributed by atoms with Gasteiger partial charge in [0.2, 0.25) is 5.89 Å². The molecule has 7 nitrogen and oxygen atoms in total. The van der Waals surface area contributed by atoms with E-state index in [1.54, 1.807) is 35.6 Å². The predicted molar refractivity (Wildman–Crippen MR) is 114 cm³/mol. The molecule has 3 heterocycles. The zero-order valence-electron chi connectivity index (χ0n) is 16.9. The lowest BCUT2D eigenvalue weighted by atomic mass is 10.1. The molecule has 2 amide bonds. The van der Waals surface area contributed by atoms with Crippen molar-refractivity contribution >= 4 is 23.2 Å². The lowest BCUT2D eigenvalue weighted by Gasteiger charge is -2.20. The lowest BCUT2D eigenvalue weighted by Crippen LogP contribution is -2.31. The van der Waals surface area contributed by atoms with Crippen molar-refractivity contribution in [2.45, 2.75) is 32.7 Å². The highest BCUT2D eigenvalue weighted by Crippen LogP contribution is 2.24. The first-order valence-corrected chi connectivity index (χ1v) is 11.1. The van der Waals surface area contributed by atoms with Gasteiger partial charge in [-0.1, -0.05) is 25.1 Å². The van der Waals surface area contributed by atoms with Crippen LogP contribution in [-0.2, 0) is 6.54 Å². The fourth-order valence-electron chi connectivity index (χ4n) is 3.64. The van der Waals surface area contributed by atoms with Crippen LogP contribution in [0, 0.1) is 0 Å². The van der Waals surface area contributed by atoms with E-state index in [-0.39, 0.29) is 11.8 Å². The van der Waals surface area contributed by atoms with Crippen molar-refractivity contribution in [2.75, 3.05) is 19.6 Å². The van der Waals surface area contributed by atoms with Crippen LogP contribution in [-0.4, -0.2) is 51.4 Å². The summed E-state index contributed by atoms with van der Waals surface area (Å²) in [6.07, 6.45) is 2.65. The molecule has 0 N–H and O–H groups in total. The van der Waals surface area contributed by atoms with Gasteiger partial charge in [0, 0.05) is 6.54 Å². The Balaban J connectivity index is 1.28. The van der Waals surface area contributed by atoms with Gasteiger partial charge in [-0.05, 0) is 55.9 Å². The van der Waals surface area contributed by atoms with Crippen LogP contribution in [0.4, 0.5) is 0 Å². The molecule has 1 aromatic carbocycles.